The average molecular weight is 338 g/mol. The Hall–Kier alpha value is -1.53. The van der Waals surface area contributed by atoms with E-state index >= 15 is 0 Å². The lowest BCUT2D eigenvalue weighted by Gasteiger charge is -2.34. The largest absolute Gasteiger partial charge is 0.394 e. The van der Waals surface area contributed by atoms with E-state index in [0.29, 0.717) is 38.8 Å². The Kier molecular flexibility index (Phi) is 5.15. The quantitative estimate of drug-likeness (QED) is 0.858. The molecule has 0 unspecified atom stereocenters. The van der Waals surface area contributed by atoms with E-state index in [4.69, 9.17) is 0 Å². The number of hydrogen-bond acceptors (Lipinski definition) is 3. The van der Waals surface area contributed by atoms with Crippen molar-refractivity contribution in [2.75, 3.05) is 26.2 Å². The molecule has 1 aliphatic heterocycles. The number of amides is 1. The molecule has 1 aromatic carbocycles. The molecule has 0 spiro atoms. The van der Waals surface area contributed by atoms with Crippen LogP contribution in [0.2, 0.25) is 0 Å². The maximum absolute atomic E-state index is 12.6. The first kappa shape index (κ1) is 17.3. The van der Waals surface area contributed by atoms with Gasteiger partial charge >= 0.3 is 0 Å². The lowest BCUT2D eigenvalue weighted by Crippen LogP contribution is -2.55. The zero-order valence-electron chi connectivity index (χ0n) is 13.7. The minimum atomic E-state index is -2.33. The monoisotopic (exact) mass is 338 g/mol. The second kappa shape index (κ2) is 7.15. The zero-order valence-corrected chi connectivity index (χ0v) is 13.7. The van der Waals surface area contributed by atoms with Gasteiger partial charge in [0, 0.05) is 5.92 Å². The molecule has 1 fully saturated rings. The van der Waals surface area contributed by atoms with Gasteiger partial charge in [0.1, 0.15) is 0 Å². The highest BCUT2D eigenvalue weighted by molar-refractivity contribution is 5.80. The molecule has 3 rings (SSSR count). The van der Waals surface area contributed by atoms with Gasteiger partial charge in [-0.05, 0) is 49.9 Å². The smallest absolute Gasteiger partial charge is 0.251 e. The predicted molar refractivity (Wildman–Crippen MR) is 87.0 cm³/mol. The van der Waals surface area contributed by atoms with Crippen molar-refractivity contribution in [3.05, 3.63) is 35.4 Å². The van der Waals surface area contributed by atoms with Crippen molar-refractivity contribution in [3.8, 4) is 0 Å². The topological polar surface area (TPSA) is 52.6 Å². The van der Waals surface area contributed by atoms with Crippen LogP contribution in [0, 0.1) is 5.92 Å². The van der Waals surface area contributed by atoms with Crippen LogP contribution in [0.15, 0.2) is 24.3 Å². The molecule has 1 heterocycles. The maximum Gasteiger partial charge on any atom is 0.251 e. The number of nitrogens with zero attached hydrogens (tertiary/aromatic N) is 1. The average Bonchev–Trinajstić information content (AvgIpc) is 2.93. The molecule has 0 saturated carbocycles. The molecule has 6 heteroatoms. The summed E-state index contributed by atoms with van der Waals surface area (Å²) in [5.41, 5.74) is 1.71. The summed E-state index contributed by atoms with van der Waals surface area (Å²) in [6.07, 6.45) is 0.121. The van der Waals surface area contributed by atoms with Gasteiger partial charge in [-0.15, -0.1) is 0 Å². The van der Waals surface area contributed by atoms with Gasteiger partial charge in [0.25, 0.3) is 6.43 Å². The lowest BCUT2D eigenvalue weighted by atomic mass is 9.91. The van der Waals surface area contributed by atoms with E-state index in [0.717, 1.165) is 0 Å². The molecule has 1 saturated heterocycles. The SMILES string of the molecule is O=C(NC1(CO)Cc2ccccc2C1)C1CCN(CC(F)F)CC1. The van der Waals surface area contributed by atoms with Gasteiger partial charge in [0.05, 0.1) is 18.7 Å². The normalized spacial score (nSPS) is 21.0. The lowest BCUT2D eigenvalue weighted by molar-refractivity contribution is -0.129. The van der Waals surface area contributed by atoms with Crippen LogP contribution in [-0.2, 0) is 17.6 Å². The van der Waals surface area contributed by atoms with Crippen molar-refractivity contribution in [1.29, 1.82) is 0 Å². The summed E-state index contributed by atoms with van der Waals surface area (Å²) in [5, 5.41) is 12.9. The molecule has 1 aliphatic carbocycles. The first-order valence-corrected chi connectivity index (χ1v) is 8.51. The number of carbonyl (C=O) groups is 1. The fraction of sp³-hybridized carbons (Fsp3) is 0.611. The van der Waals surface area contributed by atoms with Crippen molar-refractivity contribution in [2.24, 2.45) is 5.92 Å². The highest BCUT2D eigenvalue weighted by Crippen LogP contribution is 2.30. The third-order valence-electron chi connectivity index (χ3n) is 5.22. The number of likely N-dealkylation sites (tertiary alicyclic amines) is 1. The van der Waals surface area contributed by atoms with Gasteiger partial charge in [-0.3, -0.25) is 9.69 Å². The number of nitrogens with one attached hydrogen (secondary N) is 1. The summed E-state index contributed by atoms with van der Waals surface area (Å²) in [6, 6.07) is 7.99. The van der Waals surface area contributed by atoms with E-state index in [1.807, 2.05) is 24.3 Å². The van der Waals surface area contributed by atoms with Gasteiger partial charge in [-0.25, -0.2) is 8.78 Å². The molecule has 2 N–H and O–H groups in total. The molecule has 0 bridgehead atoms. The van der Waals surface area contributed by atoms with E-state index in [9.17, 15) is 18.7 Å². The van der Waals surface area contributed by atoms with Crippen LogP contribution >= 0.6 is 0 Å². The van der Waals surface area contributed by atoms with E-state index in [-0.39, 0.29) is 25.0 Å². The van der Waals surface area contributed by atoms with Crippen LogP contribution in [0.3, 0.4) is 0 Å². The molecule has 24 heavy (non-hydrogen) atoms. The number of alkyl halides is 2. The van der Waals surface area contributed by atoms with Crippen LogP contribution in [0.5, 0.6) is 0 Å². The van der Waals surface area contributed by atoms with Gasteiger partial charge in [-0.1, -0.05) is 24.3 Å². The number of fused-ring (bicyclic) bond motifs is 1. The molecule has 1 amide bonds. The summed E-state index contributed by atoms with van der Waals surface area (Å²) in [5.74, 6) is -0.223. The van der Waals surface area contributed by atoms with E-state index in [1.54, 1.807) is 4.90 Å². The van der Waals surface area contributed by atoms with Crippen LogP contribution in [0.25, 0.3) is 0 Å². The van der Waals surface area contributed by atoms with Gasteiger partial charge in [0.2, 0.25) is 5.91 Å². The van der Waals surface area contributed by atoms with Gasteiger partial charge in [-0.2, -0.15) is 0 Å². The van der Waals surface area contributed by atoms with Crippen molar-refractivity contribution < 1.29 is 18.7 Å². The number of rotatable bonds is 5. The number of piperidine rings is 1. The molecule has 0 radical (unpaired) electrons. The molecule has 4 nitrogen and oxygen atoms in total. The van der Waals surface area contributed by atoms with Gasteiger partial charge in [0.15, 0.2) is 0 Å². The molecule has 0 atom stereocenters. The van der Waals surface area contributed by atoms with E-state index in [2.05, 4.69) is 5.32 Å². The highest BCUT2D eigenvalue weighted by atomic mass is 19.3. The van der Waals surface area contributed by atoms with Crippen LogP contribution < -0.4 is 5.32 Å². The fourth-order valence-electron chi connectivity index (χ4n) is 3.87. The van der Waals surface area contributed by atoms with Crippen molar-refractivity contribution >= 4 is 5.91 Å². The minimum Gasteiger partial charge on any atom is -0.394 e. The highest BCUT2D eigenvalue weighted by Gasteiger charge is 2.39. The first-order valence-electron chi connectivity index (χ1n) is 8.51. The Morgan fingerprint density at radius 3 is 2.33 bits per heavy atom. The van der Waals surface area contributed by atoms with E-state index in [1.165, 1.54) is 11.1 Å². The Bertz CT molecular complexity index is 561. The number of benzene rings is 1. The Morgan fingerprint density at radius 1 is 1.25 bits per heavy atom. The standard InChI is InChI=1S/C18H24F2N2O2/c19-16(20)11-22-7-5-13(6-8-22)17(24)21-18(12-23)9-14-3-1-2-4-15(14)10-18/h1-4,13,16,23H,5-12H2,(H,21,24). The predicted octanol–water partition coefficient (Wildman–Crippen LogP) is 1.61. The molecule has 132 valence electrons. The van der Waals surface area contributed by atoms with Crippen LogP contribution in [-0.4, -0.2) is 54.1 Å². The van der Waals surface area contributed by atoms with Gasteiger partial charge < -0.3 is 10.4 Å². The third kappa shape index (κ3) is 3.75. The number of aliphatic hydroxyl groups excluding tert-OH is 1. The summed E-state index contributed by atoms with van der Waals surface area (Å²) >= 11 is 0. The number of halogens is 2. The maximum atomic E-state index is 12.6. The molecule has 0 aromatic heterocycles. The Morgan fingerprint density at radius 2 is 1.83 bits per heavy atom. The van der Waals surface area contributed by atoms with Crippen molar-refractivity contribution in [1.82, 2.24) is 10.2 Å². The second-order valence-electron chi connectivity index (χ2n) is 7.02. The summed E-state index contributed by atoms with van der Waals surface area (Å²) in [7, 11) is 0. The Labute approximate surface area is 140 Å². The van der Waals surface area contributed by atoms with Crippen molar-refractivity contribution in [3.63, 3.8) is 0 Å². The number of aliphatic hydroxyl groups is 1. The summed E-state index contributed by atoms with van der Waals surface area (Å²) in [6.45, 7) is 0.728. The molecular formula is C18H24F2N2O2. The van der Waals surface area contributed by atoms with Crippen LogP contribution in [0.4, 0.5) is 8.78 Å². The first-order chi connectivity index (χ1) is 11.5. The Balaban J connectivity index is 1.57. The van der Waals surface area contributed by atoms with Crippen LogP contribution in [0.1, 0.15) is 24.0 Å². The molecule has 2 aliphatic rings. The number of carbonyl (C=O) groups excluding carboxylic acids is 1. The summed E-state index contributed by atoms with van der Waals surface area (Å²) in [4.78, 5) is 14.3. The fourth-order valence-corrected chi connectivity index (χ4v) is 3.87. The van der Waals surface area contributed by atoms with E-state index < -0.39 is 12.0 Å². The molecular weight excluding hydrogens is 314 g/mol. The second-order valence-corrected chi connectivity index (χ2v) is 7.02. The van der Waals surface area contributed by atoms with Crippen molar-refractivity contribution in [2.45, 2.75) is 37.6 Å². The zero-order chi connectivity index (χ0) is 17.2. The molecule has 1 aromatic rings. The third-order valence-corrected chi connectivity index (χ3v) is 5.22. The number of hydrogen-bond donors (Lipinski definition) is 2. The minimum absolute atomic E-state index is 0.0615. The summed E-state index contributed by atoms with van der Waals surface area (Å²) < 4.78 is 24.8.